The molecule has 1 saturated heterocycles. The fourth-order valence-corrected chi connectivity index (χ4v) is 3.36. The smallest absolute Gasteiger partial charge is 0.152 e. The van der Waals surface area contributed by atoms with Crippen molar-refractivity contribution in [2.24, 2.45) is 0 Å². The van der Waals surface area contributed by atoms with Crippen LogP contribution >= 0.6 is 0 Å². The summed E-state index contributed by atoms with van der Waals surface area (Å²) in [5.41, 5.74) is 0. The summed E-state index contributed by atoms with van der Waals surface area (Å²) in [4.78, 5) is 7.13. The van der Waals surface area contributed by atoms with E-state index in [4.69, 9.17) is 4.98 Å². The normalized spacial score (nSPS) is 28.3. The van der Waals surface area contributed by atoms with Crippen molar-refractivity contribution in [1.29, 1.82) is 0 Å². The summed E-state index contributed by atoms with van der Waals surface area (Å²) in [7, 11) is 2.20. The molecule has 1 aromatic rings. The summed E-state index contributed by atoms with van der Waals surface area (Å²) in [6, 6.07) is 0.589. The molecule has 1 aromatic heterocycles. The van der Waals surface area contributed by atoms with Crippen LogP contribution in [0.25, 0.3) is 0 Å². The van der Waals surface area contributed by atoms with Crippen molar-refractivity contribution in [2.45, 2.75) is 57.0 Å². The van der Waals surface area contributed by atoms with Crippen LogP contribution in [0.4, 0.5) is 0 Å². The molecule has 2 unspecified atom stereocenters. The summed E-state index contributed by atoms with van der Waals surface area (Å²) in [6.07, 6.45) is 6.98. The molecule has 0 amide bonds. The van der Waals surface area contributed by atoms with E-state index in [2.05, 4.69) is 17.0 Å². The van der Waals surface area contributed by atoms with E-state index < -0.39 is 0 Å². The molecule has 1 fully saturated rings. The first kappa shape index (κ1) is 13.1. The lowest BCUT2D eigenvalue weighted by Crippen LogP contribution is -2.37. The van der Waals surface area contributed by atoms with Crippen molar-refractivity contribution in [1.82, 2.24) is 19.7 Å². The SMILES string of the molecule is CN1CCCCC1Cc1nc2n(n1)CCCC2CO. The molecule has 0 radical (unpaired) electrons. The quantitative estimate of drug-likeness (QED) is 0.890. The zero-order chi connectivity index (χ0) is 13.2. The van der Waals surface area contributed by atoms with Crippen LogP contribution < -0.4 is 0 Å². The highest BCUT2D eigenvalue weighted by molar-refractivity contribution is 5.04. The van der Waals surface area contributed by atoms with Gasteiger partial charge in [-0.1, -0.05) is 6.42 Å². The number of hydrogen-bond acceptors (Lipinski definition) is 4. The van der Waals surface area contributed by atoms with Gasteiger partial charge < -0.3 is 10.0 Å². The van der Waals surface area contributed by atoms with Gasteiger partial charge in [0.25, 0.3) is 0 Å². The minimum Gasteiger partial charge on any atom is -0.396 e. The minimum absolute atomic E-state index is 0.194. The van der Waals surface area contributed by atoms with Crippen LogP contribution in [0.3, 0.4) is 0 Å². The second kappa shape index (κ2) is 5.59. The number of likely N-dealkylation sites (tertiary alicyclic amines) is 1. The fraction of sp³-hybridized carbons (Fsp3) is 0.857. The lowest BCUT2D eigenvalue weighted by Gasteiger charge is -2.31. The molecular formula is C14H24N4O. The average Bonchev–Trinajstić information content (AvgIpc) is 2.83. The van der Waals surface area contributed by atoms with Crippen LogP contribution in [0.15, 0.2) is 0 Å². The molecule has 106 valence electrons. The number of piperidine rings is 1. The highest BCUT2D eigenvalue weighted by Crippen LogP contribution is 2.26. The first-order valence-corrected chi connectivity index (χ1v) is 7.52. The number of rotatable bonds is 3. The Balaban J connectivity index is 1.73. The second-order valence-corrected chi connectivity index (χ2v) is 5.97. The number of aryl methyl sites for hydroxylation is 1. The van der Waals surface area contributed by atoms with Crippen molar-refractivity contribution >= 4 is 0 Å². The molecule has 5 heteroatoms. The molecule has 0 bridgehead atoms. The molecule has 19 heavy (non-hydrogen) atoms. The van der Waals surface area contributed by atoms with E-state index >= 15 is 0 Å². The van der Waals surface area contributed by atoms with Crippen LogP contribution in [0, 0.1) is 0 Å². The molecule has 0 aliphatic carbocycles. The van der Waals surface area contributed by atoms with E-state index in [1.54, 1.807) is 0 Å². The van der Waals surface area contributed by atoms with Gasteiger partial charge in [-0.15, -0.1) is 0 Å². The van der Waals surface area contributed by atoms with Gasteiger partial charge in [-0.3, -0.25) is 0 Å². The lowest BCUT2D eigenvalue weighted by atomic mass is 9.99. The topological polar surface area (TPSA) is 54.2 Å². The monoisotopic (exact) mass is 264 g/mol. The largest absolute Gasteiger partial charge is 0.396 e. The van der Waals surface area contributed by atoms with E-state index in [0.29, 0.717) is 6.04 Å². The molecular weight excluding hydrogens is 240 g/mol. The van der Waals surface area contributed by atoms with Crippen molar-refractivity contribution in [3.63, 3.8) is 0 Å². The van der Waals surface area contributed by atoms with E-state index in [9.17, 15) is 5.11 Å². The number of aliphatic hydroxyl groups excluding tert-OH is 1. The van der Waals surface area contributed by atoms with Crippen molar-refractivity contribution < 1.29 is 5.11 Å². The maximum Gasteiger partial charge on any atom is 0.152 e. The summed E-state index contributed by atoms with van der Waals surface area (Å²) >= 11 is 0. The number of hydrogen-bond donors (Lipinski definition) is 1. The molecule has 1 N–H and O–H groups in total. The highest BCUT2D eigenvalue weighted by atomic mass is 16.3. The lowest BCUT2D eigenvalue weighted by molar-refractivity contribution is 0.182. The zero-order valence-electron chi connectivity index (χ0n) is 11.8. The molecule has 2 aliphatic rings. The number of likely N-dealkylation sites (N-methyl/N-ethyl adjacent to an activating group) is 1. The third kappa shape index (κ3) is 2.67. The summed E-state index contributed by atoms with van der Waals surface area (Å²) in [5.74, 6) is 2.16. The van der Waals surface area contributed by atoms with Gasteiger partial charge in [0.1, 0.15) is 5.82 Å². The molecule has 5 nitrogen and oxygen atoms in total. The van der Waals surface area contributed by atoms with E-state index in [-0.39, 0.29) is 12.5 Å². The Morgan fingerprint density at radius 3 is 2.89 bits per heavy atom. The Morgan fingerprint density at radius 2 is 2.11 bits per heavy atom. The minimum atomic E-state index is 0.194. The van der Waals surface area contributed by atoms with Crippen molar-refractivity contribution in [3.05, 3.63) is 11.6 Å². The predicted molar refractivity (Wildman–Crippen MR) is 73.1 cm³/mol. The van der Waals surface area contributed by atoms with Gasteiger partial charge in [0.2, 0.25) is 0 Å². The third-order valence-electron chi connectivity index (χ3n) is 4.59. The fourth-order valence-electron chi connectivity index (χ4n) is 3.36. The first-order chi connectivity index (χ1) is 9.28. The van der Waals surface area contributed by atoms with Crippen LogP contribution in [0.2, 0.25) is 0 Å². The number of nitrogens with zero attached hydrogens (tertiary/aromatic N) is 4. The standard InChI is InChI=1S/C14H24N4O/c1-17-7-3-2-6-12(17)9-13-15-14-11(10-19)5-4-8-18(14)16-13/h11-12,19H,2-10H2,1H3. The average molecular weight is 264 g/mol. The first-order valence-electron chi connectivity index (χ1n) is 7.52. The van der Waals surface area contributed by atoms with Crippen LogP contribution in [-0.4, -0.2) is 51.0 Å². The maximum absolute atomic E-state index is 9.42. The van der Waals surface area contributed by atoms with Crippen molar-refractivity contribution in [3.8, 4) is 0 Å². The van der Waals surface area contributed by atoms with Gasteiger partial charge in [-0.25, -0.2) is 9.67 Å². The second-order valence-electron chi connectivity index (χ2n) is 5.97. The Kier molecular flexibility index (Phi) is 3.84. The molecule has 0 saturated carbocycles. The molecule has 0 aromatic carbocycles. The third-order valence-corrected chi connectivity index (χ3v) is 4.59. The Morgan fingerprint density at radius 1 is 1.21 bits per heavy atom. The number of aromatic nitrogens is 3. The van der Waals surface area contributed by atoms with E-state index in [1.807, 2.05) is 4.68 Å². The molecule has 2 atom stereocenters. The zero-order valence-corrected chi connectivity index (χ0v) is 11.8. The van der Waals surface area contributed by atoms with E-state index in [1.165, 1.54) is 25.8 Å². The summed E-state index contributed by atoms with van der Waals surface area (Å²) < 4.78 is 2.02. The van der Waals surface area contributed by atoms with Gasteiger partial charge in [-0.2, -0.15) is 5.10 Å². The predicted octanol–water partition coefficient (Wildman–Crippen LogP) is 1.17. The molecule has 2 aliphatic heterocycles. The summed E-state index contributed by atoms with van der Waals surface area (Å²) in [6.45, 7) is 2.35. The van der Waals surface area contributed by atoms with E-state index in [0.717, 1.165) is 37.5 Å². The van der Waals surface area contributed by atoms with Gasteiger partial charge in [0.15, 0.2) is 5.82 Å². The Hall–Kier alpha value is -0.940. The molecule has 3 heterocycles. The summed E-state index contributed by atoms with van der Waals surface area (Å²) in [5, 5.41) is 14.1. The van der Waals surface area contributed by atoms with Gasteiger partial charge >= 0.3 is 0 Å². The highest BCUT2D eigenvalue weighted by Gasteiger charge is 2.26. The number of aliphatic hydroxyl groups is 1. The Labute approximate surface area is 114 Å². The van der Waals surface area contributed by atoms with Crippen LogP contribution in [0.5, 0.6) is 0 Å². The van der Waals surface area contributed by atoms with Gasteiger partial charge in [0.05, 0.1) is 6.61 Å². The van der Waals surface area contributed by atoms with Crippen LogP contribution in [0.1, 0.15) is 49.7 Å². The molecule has 3 rings (SSSR count). The maximum atomic E-state index is 9.42. The van der Waals surface area contributed by atoms with Crippen molar-refractivity contribution in [2.75, 3.05) is 20.2 Å². The van der Waals surface area contributed by atoms with Gasteiger partial charge in [0, 0.05) is 24.9 Å². The molecule has 0 spiro atoms. The van der Waals surface area contributed by atoms with Gasteiger partial charge in [-0.05, 0) is 39.3 Å². The number of fused-ring (bicyclic) bond motifs is 1. The van der Waals surface area contributed by atoms with Crippen LogP contribution in [-0.2, 0) is 13.0 Å². The Bertz CT molecular complexity index is 431.